The highest BCUT2D eigenvalue weighted by molar-refractivity contribution is 5.81. The summed E-state index contributed by atoms with van der Waals surface area (Å²) in [7, 11) is 0. The summed E-state index contributed by atoms with van der Waals surface area (Å²) in [6.45, 7) is 4.43. The molecule has 0 bridgehead atoms. The van der Waals surface area contributed by atoms with Crippen LogP contribution >= 0.6 is 0 Å². The highest BCUT2D eigenvalue weighted by Crippen LogP contribution is 2.24. The predicted octanol–water partition coefficient (Wildman–Crippen LogP) is 6.08. The molecule has 0 aliphatic carbocycles. The van der Waals surface area contributed by atoms with Gasteiger partial charge in [0.25, 0.3) is 0 Å². The Morgan fingerprint density at radius 3 is 2.00 bits per heavy atom. The van der Waals surface area contributed by atoms with Crippen LogP contribution in [0.2, 0.25) is 0 Å². The fourth-order valence-electron chi connectivity index (χ4n) is 2.80. The molecule has 0 saturated carbocycles. The summed E-state index contributed by atoms with van der Waals surface area (Å²) in [6.07, 6.45) is 7.34. The van der Waals surface area contributed by atoms with Gasteiger partial charge in [-0.15, -0.1) is 0 Å². The Kier molecular flexibility index (Phi) is 9.19. The van der Waals surface area contributed by atoms with E-state index in [1.807, 2.05) is 12.1 Å². The SMILES string of the molecule is C=CC(=O)OCCCCCCCCOc1ccc(-c2cc(F)cc(F)c2)cc1. The van der Waals surface area contributed by atoms with E-state index in [1.54, 1.807) is 12.1 Å². The standard InChI is InChI=1S/C23H26F2O3/c1-2-23(26)28-14-8-6-4-3-5-7-13-27-22-11-9-18(10-12-22)19-15-20(24)17-21(25)16-19/h2,9-12,15-17H,1,3-8,13-14H2. The van der Waals surface area contributed by atoms with E-state index in [0.717, 1.165) is 55.9 Å². The number of hydrogen-bond donors (Lipinski definition) is 0. The van der Waals surface area contributed by atoms with Gasteiger partial charge in [0.2, 0.25) is 0 Å². The molecule has 150 valence electrons. The quantitative estimate of drug-likeness (QED) is 0.251. The van der Waals surface area contributed by atoms with Crippen LogP contribution in [0.25, 0.3) is 11.1 Å². The largest absolute Gasteiger partial charge is 0.494 e. The normalized spacial score (nSPS) is 10.5. The number of hydrogen-bond acceptors (Lipinski definition) is 3. The predicted molar refractivity (Wildman–Crippen MR) is 106 cm³/mol. The molecular formula is C23H26F2O3. The Balaban J connectivity index is 1.58. The zero-order valence-electron chi connectivity index (χ0n) is 16.0. The molecule has 5 heteroatoms. The fourth-order valence-corrected chi connectivity index (χ4v) is 2.80. The van der Waals surface area contributed by atoms with Crippen molar-refractivity contribution in [1.29, 1.82) is 0 Å². The van der Waals surface area contributed by atoms with Gasteiger partial charge < -0.3 is 9.47 Å². The second kappa shape index (κ2) is 11.9. The zero-order valence-corrected chi connectivity index (χ0v) is 16.0. The van der Waals surface area contributed by atoms with Crippen LogP contribution in [-0.4, -0.2) is 19.2 Å². The number of unbranched alkanes of at least 4 members (excludes halogenated alkanes) is 5. The number of carbonyl (C=O) groups is 1. The molecule has 28 heavy (non-hydrogen) atoms. The van der Waals surface area contributed by atoms with Crippen LogP contribution in [0.15, 0.2) is 55.1 Å². The topological polar surface area (TPSA) is 35.5 Å². The van der Waals surface area contributed by atoms with Crippen molar-refractivity contribution in [3.8, 4) is 16.9 Å². The molecule has 2 rings (SSSR count). The van der Waals surface area contributed by atoms with E-state index in [2.05, 4.69) is 6.58 Å². The summed E-state index contributed by atoms with van der Waals surface area (Å²) >= 11 is 0. The minimum atomic E-state index is -0.590. The number of rotatable bonds is 12. The fraction of sp³-hybridized carbons (Fsp3) is 0.348. The molecule has 0 aliphatic rings. The molecule has 0 N–H and O–H groups in total. The number of ether oxygens (including phenoxy) is 2. The molecule has 0 amide bonds. The summed E-state index contributed by atoms with van der Waals surface area (Å²) in [5.41, 5.74) is 1.24. The molecule has 0 heterocycles. The monoisotopic (exact) mass is 388 g/mol. The van der Waals surface area contributed by atoms with E-state index in [4.69, 9.17) is 9.47 Å². The summed E-state index contributed by atoms with van der Waals surface area (Å²) < 4.78 is 37.2. The van der Waals surface area contributed by atoms with Crippen molar-refractivity contribution < 1.29 is 23.0 Å². The molecule has 0 saturated heterocycles. The van der Waals surface area contributed by atoms with Crippen molar-refractivity contribution in [2.24, 2.45) is 0 Å². The first-order valence-electron chi connectivity index (χ1n) is 9.57. The zero-order chi connectivity index (χ0) is 20.2. The van der Waals surface area contributed by atoms with Crippen molar-refractivity contribution in [3.05, 3.63) is 66.8 Å². The molecule has 0 spiro atoms. The minimum absolute atomic E-state index is 0.367. The van der Waals surface area contributed by atoms with Crippen molar-refractivity contribution >= 4 is 5.97 Å². The molecule has 0 atom stereocenters. The first kappa shape index (κ1) is 21.6. The minimum Gasteiger partial charge on any atom is -0.494 e. The van der Waals surface area contributed by atoms with Gasteiger partial charge >= 0.3 is 5.97 Å². The summed E-state index contributed by atoms with van der Waals surface area (Å²) in [5, 5.41) is 0. The number of esters is 1. The average molecular weight is 388 g/mol. The molecule has 2 aromatic rings. The molecular weight excluding hydrogens is 362 g/mol. The lowest BCUT2D eigenvalue weighted by atomic mass is 10.1. The van der Waals surface area contributed by atoms with Gasteiger partial charge in [0, 0.05) is 12.1 Å². The maximum atomic E-state index is 13.3. The Bertz CT molecular complexity index is 737. The molecule has 0 radical (unpaired) electrons. The molecule has 3 nitrogen and oxygen atoms in total. The third-order valence-electron chi connectivity index (χ3n) is 4.27. The summed E-state index contributed by atoms with van der Waals surface area (Å²) in [4.78, 5) is 10.9. The molecule has 0 fully saturated rings. The molecule has 0 unspecified atom stereocenters. The van der Waals surface area contributed by atoms with Crippen molar-refractivity contribution in [1.82, 2.24) is 0 Å². The van der Waals surface area contributed by atoms with Gasteiger partial charge in [-0.1, -0.05) is 44.4 Å². The maximum absolute atomic E-state index is 13.3. The first-order chi connectivity index (χ1) is 13.6. The lowest BCUT2D eigenvalue weighted by Crippen LogP contribution is -2.01. The van der Waals surface area contributed by atoms with Crippen LogP contribution in [-0.2, 0) is 9.53 Å². The van der Waals surface area contributed by atoms with Crippen LogP contribution in [0, 0.1) is 11.6 Å². The molecule has 0 aromatic heterocycles. The van der Waals surface area contributed by atoms with Gasteiger partial charge in [-0.25, -0.2) is 13.6 Å². The van der Waals surface area contributed by atoms with E-state index >= 15 is 0 Å². The Morgan fingerprint density at radius 2 is 1.39 bits per heavy atom. The Hall–Kier alpha value is -2.69. The second-order valence-corrected chi connectivity index (χ2v) is 6.52. The highest BCUT2D eigenvalue weighted by atomic mass is 19.1. The molecule has 2 aromatic carbocycles. The van der Waals surface area contributed by atoms with Crippen molar-refractivity contribution in [3.63, 3.8) is 0 Å². The van der Waals surface area contributed by atoms with Crippen molar-refractivity contribution in [2.45, 2.75) is 38.5 Å². The smallest absolute Gasteiger partial charge is 0.330 e. The summed E-state index contributed by atoms with van der Waals surface area (Å²) in [5.74, 6) is -0.806. The maximum Gasteiger partial charge on any atom is 0.330 e. The van der Waals surface area contributed by atoms with Gasteiger partial charge in [-0.05, 0) is 48.2 Å². The Morgan fingerprint density at radius 1 is 0.821 bits per heavy atom. The van der Waals surface area contributed by atoms with E-state index in [9.17, 15) is 13.6 Å². The average Bonchev–Trinajstić information content (AvgIpc) is 2.69. The van der Waals surface area contributed by atoms with Gasteiger partial charge in [-0.2, -0.15) is 0 Å². The van der Waals surface area contributed by atoms with Crippen LogP contribution in [0.3, 0.4) is 0 Å². The van der Waals surface area contributed by atoms with Crippen molar-refractivity contribution in [2.75, 3.05) is 13.2 Å². The van der Waals surface area contributed by atoms with E-state index in [1.165, 1.54) is 18.2 Å². The summed E-state index contributed by atoms with van der Waals surface area (Å²) in [6, 6.07) is 10.7. The first-order valence-corrected chi connectivity index (χ1v) is 9.57. The third-order valence-corrected chi connectivity index (χ3v) is 4.27. The number of benzene rings is 2. The van der Waals surface area contributed by atoms with Crippen LogP contribution in [0.5, 0.6) is 5.75 Å². The van der Waals surface area contributed by atoms with E-state index in [-0.39, 0.29) is 5.97 Å². The van der Waals surface area contributed by atoms with Gasteiger partial charge in [0.15, 0.2) is 0 Å². The number of halogens is 2. The lowest BCUT2D eigenvalue weighted by Gasteiger charge is -2.08. The van der Waals surface area contributed by atoms with E-state index < -0.39 is 11.6 Å². The van der Waals surface area contributed by atoms with Gasteiger partial charge in [0.05, 0.1) is 13.2 Å². The highest BCUT2D eigenvalue weighted by Gasteiger charge is 2.04. The number of carbonyl (C=O) groups excluding carboxylic acids is 1. The van der Waals surface area contributed by atoms with Crippen LogP contribution in [0.1, 0.15) is 38.5 Å². The second-order valence-electron chi connectivity index (χ2n) is 6.52. The Labute approximate surface area is 165 Å². The van der Waals surface area contributed by atoms with Crippen LogP contribution < -0.4 is 4.74 Å². The molecule has 0 aliphatic heterocycles. The lowest BCUT2D eigenvalue weighted by molar-refractivity contribution is -0.137. The van der Waals surface area contributed by atoms with Gasteiger partial charge in [0.1, 0.15) is 17.4 Å². The van der Waals surface area contributed by atoms with Gasteiger partial charge in [-0.3, -0.25) is 0 Å². The third kappa shape index (κ3) is 7.91. The van der Waals surface area contributed by atoms with Crippen LogP contribution in [0.4, 0.5) is 8.78 Å². The van der Waals surface area contributed by atoms with E-state index in [0.29, 0.717) is 18.8 Å².